The van der Waals surface area contributed by atoms with Crippen molar-refractivity contribution in [3.63, 3.8) is 0 Å². The summed E-state index contributed by atoms with van der Waals surface area (Å²) >= 11 is 7.20. The molecular weight excluding hydrogens is 472 g/mol. The molecule has 0 aliphatic carbocycles. The van der Waals surface area contributed by atoms with E-state index >= 15 is 0 Å². The third kappa shape index (κ3) is 4.31. The maximum Gasteiger partial charge on any atom is 0.244 e. The predicted molar refractivity (Wildman–Crippen MR) is 91.1 cm³/mol. The first-order valence-electron chi connectivity index (χ1n) is 6.74. The average Bonchev–Trinajstić information content (AvgIpc) is 2.91. The van der Waals surface area contributed by atoms with Crippen LogP contribution in [-0.4, -0.2) is 4.57 Å². The first-order chi connectivity index (χ1) is 10.2. The van der Waals surface area contributed by atoms with Crippen LogP contribution in [0.25, 0.3) is 0 Å². The zero-order valence-electron chi connectivity index (χ0n) is 11.8. The topological polar surface area (TPSA) is 8.81 Å². The molecular formula is C17H15Br3N2. The van der Waals surface area contributed by atoms with Crippen LogP contribution in [0.5, 0.6) is 0 Å². The Labute approximate surface area is 157 Å². The Hall–Kier alpha value is -0.910. The van der Waals surface area contributed by atoms with E-state index in [-0.39, 0.29) is 17.0 Å². The molecule has 2 nitrogen and oxygen atoms in total. The number of hydrogen-bond acceptors (Lipinski definition) is 0. The monoisotopic (exact) mass is 484 g/mol. The summed E-state index contributed by atoms with van der Waals surface area (Å²) in [5.74, 6) is 0. The zero-order valence-corrected chi connectivity index (χ0v) is 16.6. The number of hydrogen-bond donors (Lipinski definition) is 0. The molecule has 0 saturated heterocycles. The highest BCUT2D eigenvalue weighted by molar-refractivity contribution is 9.10. The molecule has 0 spiro atoms. The van der Waals surface area contributed by atoms with Crippen LogP contribution < -0.4 is 21.5 Å². The number of benzene rings is 2. The highest BCUT2D eigenvalue weighted by Crippen LogP contribution is 2.17. The molecule has 0 N–H and O–H groups in total. The molecule has 1 heterocycles. The van der Waals surface area contributed by atoms with E-state index in [9.17, 15) is 0 Å². The Morgan fingerprint density at radius 3 is 2.09 bits per heavy atom. The number of nitrogens with zero attached hydrogens (tertiary/aromatic N) is 2. The van der Waals surface area contributed by atoms with E-state index < -0.39 is 0 Å². The lowest BCUT2D eigenvalue weighted by Gasteiger charge is -2.02. The highest BCUT2D eigenvalue weighted by atomic mass is 79.9. The predicted octanol–water partition coefficient (Wildman–Crippen LogP) is 1.40. The SMILES string of the molecule is Brc1ccccc1Cn1cc[n+](Cc2ccccc2Br)c1.[Br-]. The molecule has 5 heteroatoms. The van der Waals surface area contributed by atoms with Crippen molar-refractivity contribution >= 4 is 31.9 Å². The van der Waals surface area contributed by atoms with E-state index in [2.05, 4.69) is 96.1 Å². The Morgan fingerprint density at radius 1 is 0.864 bits per heavy atom. The molecule has 114 valence electrons. The molecule has 22 heavy (non-hydrogen) atoms. The van der Waals surface area contributed by atoms with Gasteiger partial charge < -0.3 is 17.0 Å². The normalized spacial score (nSPS) is 10.3. The van der Waals surface area contributed by atoms with Gasteiger partial charge >= 0.3 is 0 Å². The van der Waals surface area contributed by atoms with Gasteiger partial charge in [0, 0.05) is 20.1 Å². The lowest BCUT2D eigenvalue weighted by atomic mass is 10.2. The highest BCUT2D eigenvalue weighted by Gasteiger charge is 2.08. The van der Waals surface area contributed by atoms with Crippen LogP contribution in [0.1, 0.15) is 11.1 Å². The van der Waals surface area contributed by atoms with E-state index in [0.29, 0.717) is 0 Å². The summed E-state index contributed by atoms with van der Waals surface area (Å²) in [4.78, 5) is 0. The summed E-state index contributed by atoms with van der Waals surface area (Å²) in [5.41, 5.74) is 2.56. The number of imidazole rings is 1. The molecule has 0 fully saturated rings. The van der Waals surface area contributed by atoms with Crippen LogP contribution in [0.4, 0.5) is 0 Å². The molecule has 0 aliphatic rings. The van der Waals surface area contributed by atoms with Crippen molar-refractivity contribution in [2.45, 2.75) is 13.1 Å². The summed E-state index contributed by atoms with van der Waals surface area (Å²) in [5, 5.41) is 0. The van der Waals surface area contributed by atoms with Crippen molar-refractivity contribution in [1.29, 1.82) is 0 Å². The summed E-state index contributed by atoms with van der Waals surface area (Å²) in [6, 6.07) is 16.6. The number of aromatic nitrogens is 2. The van der Waals surface area contributed by atoms with Gasteiger partial charge in [-0.3, -0.25) is 0 Å². The van der Waals surface area contributed by atoms with Crippen LogP contribution in [0, 0.1) is 0 Å². The van der Waals surface area contributed by atoms with Gasteiger partial charge in [-0.25, -0.2) is 9.13 Å². The third-order valence-electron chi connectivity index (χ3n) is 3.37. The summed E-state index contributed by atoms with van der Waals surface area (Å²) in [7, 11) is 0. The second kappa shape index (κ2) is 8.09. The van der Waals surface area contributed by atoms with E-state index in [1.165, 1.54) is 11.1 Å². The van der Waals surface area contributed by atoms with Gasteiger partial charge in [0.05, 0.1) is 0 Å². The zero-order chi connectivity index (χ0) is 14.7. The van der Waals surface area contributed by atoms with Crippen LogP contribution in [0.2, 0.25) is 0 Å². The summed E-state index contributed by atoms with van der Waals surface area (Å²) < 4.78 is 6.68. The fourth-order valence-corrected chi connectivity index (χ4v) is 3.09. The maximum absolute atomic E-state index is 3.60. The van der Waals surface area contributed by atoms with Gasteiger partial charge in [-0.2, -0.15) is 0 Å². The van der Waals surface area contributed by atoms with Crippen molar-refractivity contribution in [2.24, 2.45) is 0 Å². The van der Waals surface area contributed by atoms with Crippen LogP contribution >= 0.6 is 31.9 Å². The smallest absolute Gasteiger partial charge is 0.244 e. The molecule has 0 bridgehead atoms. The van der Waals surface area contributed by atoms with Crippen LogP contribution in [0.3, 0.4) is 0 Å². The largest absolute Gasteiger partial charge is 1.00 e. The minimum Gasteiger partial charge on any atom is -1.00 e. The van der Waals surface area contributed by atoms with Gasteiger partial charge in [-0.05, 0) is 12.1 Å². The van der Waals surface area contributed by atoms with Gasteiger partial charge in [-0.15, -0.1) is 0 Å². The molecule has 0 saturated carbocycles. The van der Waals surface area contributed by atoms with Gasteiger partial charge in [-0.1, -0.05) is 68.3 Å². The van der Waals surface area contributed by atoms with Crippen LogP contribution in [0.15, 0.2) is 76.2 Å². The Morgan fingerprint density at radius 2 is 1.45 bits per heavy atom. The minimum atomic E-state index is 0. The van der Waals surface area contributed by atoms with E-state index in [1.54, 1.807) is 0 Å². The molecule has 0 radical (unpaired) electrons. The first-order valence-corrected chi connectivity index (χ1v) is 8.32. The lowest BCUT2D eigenvalue weighted by Crippen LogP contribution is -3.00. The van der Waals surface area contributed by atoms with Gasteiger partial charge in [0.15, 0.2) is 0 Å². The quantitative estimate of drug-likeness (QED) is 0.493. The van der Waals surface area contributed by atoms with E-state index in [0.717, 1.165) is 22.0 Å². The van der Waals surface area contributed by atoms with Gasteiger partial charge in [0.2, 0.25) is 6.33 Å². The minimum absolute atomic E-state index is 0. The molecule has 3 aromatic rings. The Balaban J connectivity index is 0.00000176. The summed E-state index contributed by atoms with van der Waals surface area (Å²) in [6.45, 7) is 1.73. The van der Waals surface area contributed by atoms with E-state index in [4.69, 9.17) is 0 Å². The van der Waals surface area contributed by atoms with Crippen molar-refractivity contribution in [2.75, 3.05) is 0 Å². The molecule has 0 unspecified atom stereocenters. The van der Waals surface area contributed by atoms with Crippen LogP contribution in [-0.2, 0) is 13.1 Å². The van der Waals surface area contributed by atoms with Crippen molar-refractivity contribution in [3.05, 3.63) is 87.3 Å². The third-order valence-corrected chi connectivity index (χ3v) is 4.92. The Kier molecular flexibility index (Phi) is 6.41. The molecule has 0 atom stereocenters. The number of rotatable bonds is 4. The molecule has 3 rings (SSSR count). The Bertz CT molecular complexity index is 691. The first kappa shape index (κ1) is 17.4. The van der Waals surface area contributed by atoms with Crippen molar-refractivity contribution in [3.8, 4) is 0 Å². The maximum atomic E-state index is 3.60. The number of halogens is 3. The second-order valence-corrected chi connectivity index (χ2v) is 6.65. The van der Waals surface area contributed by atoms with Gasteiger partial charge in [0.1, 0.15) is 25.5 Å². The molecule has 0 aliphatic heterocycles. The fraction of sp³-hybridized carbons (Fsp3) is 0.118. The van der Waals surface area contributed by atoms with Crippen molar-refractivity contribution in [1.82, 2.24) is 4.57 Å². The standard InChI is InChI=1S/C17H15Br2N2.BrH/c18-16-7-3-1-5-14(16)11-20-9-10-21(13-20)12-15-6-2-4-8-17(15)19;/h1-10,13H,11-12H2;1H/q+1;/p-1. The fourth-order valence-electron chi connectivity index (χ4n) is 2.27. The van der Waals surface area contributed by atoms with E-state index in [1.807, 2.05) is 12.1 Å². The average molecular weight is 487 g/mol. The van der Waals surface area contributed by atoms with Crippen molar-refractivity contribution < 1.29 is 21.5 Å². The van der Waals surface area contributed by atoms with Gasteiger partial charge in [0.25, 0.3) is 0 Å². The molecule has 1 aromatic heterocycles. The second-order valence-electron chi connectivity index (χ2n) is 4.94. The lowest BCUT2D eigenvalue weighted by molar-refractivity contribution is -0.687. The molecule has 2 aromatic carbocycles. The summed E-state index contributed by atoms with van der Waals surface area (Å²) in [6.07, 6.45) is 6.35. The molecule has 0 amide bonds.